The Morgan fingerprint density at radius 1 is 1.28 bits per heavy atom. The molecule has 0 bridgehead atoms. The summed E-state index contributed by atoms with van der Waals surface area (Å²) in [6, 6.07) is 15.9. The second-order valence-corrected chi connectivity index (χ2v) is 7.05. The van der Waals surface area contributed by atoms with Gasteiger partial charge in [-0.15, -0.1) is 0 Å². The highest BCUT2D eigenvalue weighted by Gasteiger charge is 2.29. The van der Waals surface area contributed by atoms with E-state index in [0.717, 1.165) is 22.5 Å². The van der Waals surface area contributed by atoms with Gasteiger partial charge in [0.1, 0.15) is 5.82 Å². The summed E-state index contributed by atoms with van der Waals surface area (Å²) in [5, 5.41) is 11.3. The van der Waals surface area contributed by atoms with Crippen molar-refractivity contribution in [3.05, 3.63) is 83.9 Å². The third kappa shape index (κ3) is 4.51. The van der Waals surface area contributed by atoms with Crippen molar-refractivity contribution >= 4 is 11.6 Å². The summed E-state index contributed by atoms with van der Waals surface area (Å²) in [6.07, 6.45) is 3.80. The van der Waals surface area contributed by atoms with Gasteiger partial charge in [-0.25, -0.2) is 9.07 Å². The molecule has 2 heterocycles. The SMILES string of the molecule is C[C@@H](NC(=O)[C@@H]1CC(Cc2cccc(F)c2)=NO1)c1cnn(-c2ccccc2)c1. The van der Waals surface area contributed by atoms with Crippen LogP contribution in [0.2, 0.25) is 0 Å². The van der Waals surface area contributed by atoms with Crippen molar-refractivity contribution in [2.45, 2.75) is 31.9 Å². The van der Waals surface area contributed by atoms with Crippen LogP contribution in [0.3, 0.4) is 0 Å². The number of amides is 1. The van der Waals surface area contributed by atoms with Crippen LogP contribution in [0.4, 0.5) is 4.39 Å². The first kappa shape index (κ1) is 18.9. The van der Waals surface area contributed by atoms with Gasteiger partial charge < -0.3 is 10.2 Å². The molecular formula is C22H21FN4O2. The van der Waals surface area contributed by atoms with Crippen LogP contribution in [0, 0.1) is 5.82 Å². The number of halogens is 1. The molecule has 0 spiro atoms. The van der Waals surface area contributed by atoms with Crippen LogP contribution in [-0.4, -0.2) is 27.5 Å². The third-order valence-corrected chi connectivity index (χ3v) is 4.80. The van der Waals surface area contributed by atoms with Gasteiger partial charge in [-0.3, -0.25) is 4.79 Å². The molecule has 29 heavy (non-hydrogen) atoms. The first-order chi connectivity index (χ1) is 14.1. The van der Waals surface area contributed by atoms with E-state index in [4.69, 9.17) is 4.84 Å². The number of aromatic nitrogens is 2. The minimum atomic E-state index is -0.676. The second kappa shape index (κ2) is 8.26. The summed E-state index contributed by atoms with van der Waals surface area (Å²) in [5.74, 6) is -0.524. The predicted octanol–water partition coefficient (Wildman–Crippen LogP) is 3.58. The number of carbonyl (C=O) groups is 1. The molecule has 0 unspecified atom stereocenters. The Kier molecular flexibility index (Phi) is 5.37. The zero-order chi connectivity index (χ0) is 20.2. The van der Waals surface area contributed by atoms with E-state index in [1.165, 1.54) is 12.1 Å². The van der Waals surface area contributed by atoms with E-state index in [1.807, 2.05) is 49.5 Å². The highest BCUT2D eigenvalue weighted by atomic mass is 19.1. The van der Waals surface area contributed by atoms with E-state index in [2.05, 4.69) is 15.6 Å². The topological polar surface area (TPSA) is 68.5 Å². The molecule has 0 aliphatic carbocycles. The molecule has 3 aromatic rings. The Bertz CT molecular complexity index is 1030. The number of para-hydroxylation sites is 1. The highest BCUT2D eigenvalue weighted by Crippen LogP contribution is 2.18. The number of benzene rings is 2. The Balaban J connectivity index is 1.32. The summed E-state index contributed by atoms with van der Waals surface area (Å²) in [4.78, 5) is 17.9. The van der Waals surface area contributed by atoms with Crippen LogP contribution in [0.15, 0.2) is 72.1 Å². The maximum Gasteiger partial charge on any atom is 0.264 e. The van der Waals surface area contributed by atoms with Gasteiger partial charge in [0, 0.05) is 24.6 Å². The minimum Gasteiger partial charge on any atom is -0.382 e. The van der Waals surface area contributed by atoms with Crippen molar-refractivity contribution in [2.24, 2.45) is 5.16 Å². The number of hydrogen-bond acceptors (Lipinski definition) is 4. The fourth-order valence-corrected chi connectivity index (χ4v) is 3.23. The second-order valence-electron chi connectivity index (χ2n) is 7.05. The number of carbonyl (C=O) groups excluding carboxylic acids is 1. The summed E-state index contributed by atoms with van der Waals surface area (Å²) >= 11 is 0. The van der Waals surface area contributed by atoms with Gasteiger partial charge in [0.2, 0.25) is 6.10 Å². The lowest BCUT2D eigenvalue weighted by Gasteiger charge is -2.14. The molecule has 148 valence electrons. The number of nitrogens with zero attached hydrogens (tertiary/aromatic N) is 3. The van der Waals surface area contributed by atoms with E-state index in [0.29, 0.717) is 12.8 Å². The number of rotatable bonds is 6. The quantitative estimate of drug-likeness (QED) is 0.697. The highest BCUT2D eigenvalue weighted by molar-refractivity contribution is 5.94. The largest absolute Gasteiger partial charge is 0.382 e. The molecule has 1 amide bonds. The Labute approximate surface area is 168 Å². The van der Waals surface area contributed by atoms with Crippen LogP contribution in [0.1, 0.15) is 30.5 Å². The zero-order valence-corrected chi connectivity index (χ0v) is 16.0. The van der Waals surface area contributed by atoms with Crippen molar-refractivity contribution < 1.29 is 14.0 Å². The van der Waals surface area contributed by atoms with Gasteiger partial charge in [0.15, 0.2) is 0 Å². The number of nitrogens with one attached hydrogen (secondary N) is 1. The number of hydrogen-bond donors (Lipinski definition) is 1. The van der Waals surface area contributed by atoms with E-state index in [-0.39, 0.29) is 17.8 Å². The Morgan fingerprint density at radius 3 is 2.90 bits per heavy atom. The van der Waals surface area contributed by atoms with Gasteiger partial charge >= 0.3 is 0 Å². The predicted molar refractivity (Wildman–Crippen MR) is 107 cm³/mol. The van der Waals surface area contributed by atoms with Crippen LogP contribution >= 0.6 is 0 Å². The maximum absolute atomic E-state index is 13.3. The molecule has 0 fully saturated rings. The van der Waals surface area contributed by atoms with Gasteiger partial charge in [-0.1, -0.05) is 35.5 Å². The van der Waals surface area contributed by atoms with Crippen LogP contribution in [0.25, 0.3) is 5.69 Å². The molecule has 1 N–H and O–H groups in total. The molecule has 0 saturated carbocycles. The number of oxime groups is 1. The minimum absolute atomic E-state index is 0.226. The molecule has 1 aromatic heterocycles. The van der Waals surface area contributed by atoms with Gasteiger partial charge in [-0.2, -0.15) is 5.10 Å². The summed E-state index contributed by atoms with van der Waals surface area (Å²) in [5.41, 5.74) is 3.36. The summed E-state index contributed by atoms with van der Waals surface area (Å²) in [7, 11) is 0. The lowest BCUT2D eigenvalue weighted by Crippen LogP contribution is -2.36. The fraction of sp³-hybridized carbons (Fsp3) is 0.227. The van der Waals surface area contributed by atoms with Gasteiger partial charge in [0.05, 0.1) is 23.6 Å². The monoisotopic (exact) mass is 392 g/mol. The normalized spacial score (nSPS) is 16.8. The first-order valence-corrected chi connectivity index (χ1v) is 9.45. The first-order valence-electron chi connectivity index (χ1n) is 9.45. The average Bonchev–Trinajstić information content (AvgIpc) is 3.39. The molecule has 1 aliphatic rings. The summed E-state index contributed by atoms with van der Waals surface area (Å²) in [6.45, 7) is 1.90. The molecule has 7 heteroatoms. The standard InChI is InChI=1S/C22H21FN4O2/c1-15(17-13-24-27(14-17)20-8-3-2-4-9-20)25-22(28)21-12-19(26-29-21)11-16-6-5-7-18(23)10-16/h2-10,13-15,21H,11-12H2,1H3,(H,25,28)/t15-,21+/m1/s1. The van der Waals surface area contributed by atoms with E-state index in [9.17, 15) is 9.18 Å². The van der Waals surface area contributed by atoms with E-state index in [1.54, 1.807) is 16.9 Å². The summed E-state index contributed by atoms with van der Waals surface area (Å²) < 4.78 is 15.1. The van der Waals surface area contributed by atoms with Crippen molar-refractivity contribution in [2.75, 3.05) is 0 Å². The van der Waals surface area contributed by atoms with Gasteiger partial charge in [-0.05, 0) is 36.8 Å². The lowest BCUT2D eigenvalue weighted by atomic mass is 10.0. The third-order valence-electron chi connectivity index (χ3n) is 4.80. The van der Waals surface area contributed by atoms with Crippen LogP contribution < -0.4 is 5.32 Å². The van der Waals surface area contributed by atoms with Crippen molar-refractivity contribution in [1.29, 1.82) is 0 Å². The molecule has 1 aliphatic heterocycles. The van der Waals surface area contributed by atoms with Crippen molar-refractivity contribution in [3.8, 4) is 5.69 Å². The van der Waals surface area contributed by atoms with E-state index < -0.39 is 6.10 Å². The van der Waals surface area contributed by atoms with E-state index >= 15 is 0 Å². The zero-order valence-electron chi connectivity index (χ0n) is 16.0. The maximum atomic E-state index is 13.3. The lowest BCUT2D eigenvalue weighted by molar-refractivity contribution is -0.131. The smallest absolute Gasteiger partial charge is 0.264 e. The molecule has 0 radical (unpaired) electrons. The Hall–Kier alpha value is -3.48. The molecule has 2 atom stereocenters. The van der Waals surface area contributed by atoms with Crippen molar-refractivity contribution in [3.63, 3.8) is 0 Å². The Morgan fingerprint density at radius 2 is 2.10 bits per heavy atom. The fourth-order valence-electron chi connectivity index (χ4n) is 3.23. The molecular weight excluding hydrogens is 371 g/mol. The molecule has 2 aromatic carbocycles. The molecule has 6 nitrogen and oxygen atoms in total. The molecule has 4 rings (SSSR count). The van der Waals surface area contributed by atoms with Crippen molar-refractivity contribution in [1.82, 2.24) is 15.1 Å². The van der Waals surface area contributed by atoms with Gasteiger partial charge in [0.25, 0.3) is 5.91 Å². The van der Waals surface area contributed by atoms with Crippen LogP contribution in [-0.2, 0) is 16.1 Å². The van der Waals surface area contributed by atoms with Crippen LogP contribution in [0.5, 0.6) is 0 Å². The average molecular weight is 392 g/mol. The molecule has 0 saturated heterocycles.